The molecule has 0 amide bonds. The Morgan fingerprint density at radius 3 is 2.42 bits per heavy atom. The minimum Gasteiger partial charge on any atom is -0.465 e. The molecule has 0 spiro atoms. The van der Waals surface area contributed by atoms with E-state index in [-0.39, 0.29) is 11.9 Å². The summed E-state index contributed by atoms with van der Waals surface area (Å²) in [4.78, 5) is 11.2. The maximum Gasteiger partial charge on any atom is 0.311 e. The Morgan fingerprint density at radius 1 is 1.50 bits per heavy atom. The second kappa shape index (κ2) is 6.00. The molecule has 2 atom stereocenters. The van der Waals surface area contributed by atoms with E-state index in [1.165, 1.54) is 0 Å². The number of esters is 1. The maximum absolute atomic E-state index is 11.2. The molecule has 0 radical (unpaired) electrons. The van der Waals surface area contributed by atoms with E-state index in [4.69, 9.17) is 4.74 Å². The highest BCUT2D eigenvalue weighted by atomic mass is 16.5. The van der Waals surface area contributed by atoms with Crippen LogP contribution in [-0.4, -0.2) is 23.8 Å². The monoisotopic (exact) mass is 174 g/mol. The van der Waals surface area contributed by atoms with Gasteiger partial charge < -0.3 is 9.84 Å². The summed E-state index contributed by atoms with van der Waals surface area (Å²) in [5.41, 5.74) is 0. The van der Waals surface area contributed by atoms with Crippen LogP contribution in [0.5, 0.6) is 0 Å². The molecule has 72 valence electrons. The van der Waals surface area contributed by atoms with Gasteiger partial charge in [0.25, 0.3) is 0 Å². The quantitative estimate of drug-likeness (QED) is 0.640. The number of aliphatic hydroxyl groups excluding tert-OH is 1. The van der Waals surface area contributed by atoms with Gasteiger partial charge in [0, 0.05) is 0 Å². The van der Waals surface area contributed by atoms with Gasteiger partial charge in [-0.3, -0.25) is 4.79 Å². The molecule has 0 aromatic carbocycles. The number of hydrogen-bond donors (Lipinski definition) is 1. The molecule has 0 saturated carbocycles. The average molecular weight is 174 g/mol. The summed E-state index contributed by atoms with van der Waals surface area (Å²) in [6.07, 6.45) is 0.835. The Labute approximate surface area is 73.7 Å². The molecule has 3 heteroatoms. The Kier molecular flexibility index (Phi) is 5.72. The minimum atomic E-state index is -0.612. The van der Waals surface area contributed by atoms with Crippen LogP contribution in [0.4, 0.5) is 0 Å². The first kappa shape index (κ1) is 11.4. The minimum absolute atomic E-state index is 0.283. The van der Waals surface area contributed by atoms with Crippen LogP contribution in [0.1, 0.15) is 33.6 Å². The Morgan fingerprint density at radius 2 is 2.08 bits per heavy atom. The molecule has 0 aromatic heterocycles. The van der Waals surface area contributed by atoms with Crippen molar-refractivity contribution in [3.8, 4) is 0 Å². The molecule has 0 aromatic rings. The van der Waals surface area contributed by atoms with Crippen molar-refractivity contribution >= 4 is 5.97 Å². The van der Waals surface area contributed by atoms with Crippen molar-refractivity contribution in [3.63, 3.8) is 0 Å². The normalized spacial score (nSPS) is 15.3. The summed E-state index contributed by atoms with van der Waals surface area (Å²) in [6, 6.07) is 0. The van der Waals surface area contributed by atoms with Gasteiger partial charge in [0.2, 0.25) is 0 Å². The van der Waals surface area contributed by atoms with Gasteiger partial charge in [-0.05, 0) is 19.8 Å². The molecule has 0 saturated heterocycles. The van der Waals surface area contributed by atoms with Crippen LogP contribution in [0.2, 0.25) is 0 Å². The van der Waals surface area contributed by atoms with Crippen LogP contribution < -0.4 is 0 Å². The SMILES string of the molecule is CCCOC(=O)[C@H](CC)[C@H](C)O. The van der Waals surface area contributed by atoms with Crippen molar-refractivity contribution in [2.24, 2.45) is 5.92 Å². The highest BCUT2D eigenvalue weighted by Crippen LogP contribution is 2.10. The molecule has 0 unspecified atom stereocenters. The van der Waals surface area contributed by atoms with Crippen LogP contribution >= 0.6 is 0 Å². The summed E-state index contributed by atoms with van der Waals surface area (Å²) in [7, 11) is 0. The Hall–Kier alpha value is -0.570. The number of carbonyl (C=O) groups is 1. The van der Waals surface area contributed by atoms with Gasteiger partial charge >= 0.3 is 5.97 Å². The van der Waals surface area contributed by atoms with Crippen molar-refractivity contribution < 1.29 is 14.6 Å². The van der Waals surface area contributed by atoms with E-state index in [1.54, 1.807) is 6.92 Å². The van der Waals surface area contributed by atoms with Crippen LogP contribution in [0.3, 0.4) is 0 Å². The Balaban J connectivity index is 3.86. The number of rotatable bonds is 5. The fourth-order valence-electron chi connectivity index (χ4n) is 1.01. The highest BCUT2D eigenvalue weighted by molar-refractivity contribution is 5.72. The predicted octanol–water partition coefficient (Wildman–Crippen LogP) is 1.35. The third-order valence-corrected chi connectivity index (χ3v) is 1.77. The summed E-state index contributed by atoms with van der Waals surface area (Å²) in [5, 5.41) is 9.18. The molecule has 0 bridgehead atoms. The van der Waals surface area contributed by atoms with Crippen LogP contribution in [-0.2, 0) is 9.53 Å². The van der Waals surface area contributed by atoms with Gasteiger partial charge in [0.05, 0.1) is 18.6 Å². The van der Waals surface area contributed by atoms with Crippen molar-refractivity contribution in [1.29, 1.82) is 0 Å². The van der Waals surface area contributed by atoms with Gasteiger partial charge in [-0.1, -0.05) is 13.8 Å². The predicted molar refractivity (Wildman–Crippen MR) is 46.7 cm³/mol. The van der Waals surface area contributed by atoms with Gasteiger partial charge in [-0.15, -0.1) is 0 Å². The third kappa shape index (κ3) is 3.72. The molecular weight excluding hydrogens is 156 g/mol. The molecule has 0 heterocycles. The molecule has 3 nitrogen and oxygen atoms in total. The molecular formula is C9H18O3. The van der Waals surface area contributed by atoms with Gasteiger partial charge in [-0.25, -0.2) is 0 Å². The van der Waals surface area contributed by atoms with E-state index in [0.29, 0.717) is 13.0 Å². The second-order valence-corrected chi connectivity index (χ2v) is 2.92. The zero-order valence-corrected chi connectivity index (χ0v) is 8.04. The lowest BCUT2D eigenvalue weighted by molar-refractivity contribution is -0.152. The second-order valence-electron chi connectivity index (χ2n) is 2.92. The molecule has 0 aliphatic rings. The molecule has 0 aliphatic carbocycles. The molecule has 1 N–H and O–H groups in total. The zero-order valence-electron chi connectivity index (χ0n) is 8.04. The van der Waals surface area contributed by atoms with Gasteiger partial charge in [0.1, 0.15) is 0 Å². The summed E-state index contributed by atoms with van der Waals surface area (Å²) in [6.45, 7) is 5.87. The summed E-state index contributed by atoms with van der Waals surface area (Å²) >= 11 is 0. The Bertz CT molecular complexity index is 132. The van der Waals surface area contributed by atoms with Crippen LogP contribution in [0.25, 0.3) is 0 Å². The van der Waals surface area contributed by atoms with E-state index < -0.39 is 6.10 Å². The van der Waals surface area contributed by atoms with E-state index >= 15 is 0 Å². The first-order valence-corrected chi connectivity index (χ1v) is 4.48. The third-order valence-electron chi connectivity index (χ3n) is 1.77. The molecule has 12 heavy (non-hydrogen) atoms. The first-order chi connectivity index (χ1) is 5.63. The average Bonchev–Trinajstić information content (AvgIpc) is 2.01. The number of carbonyl (C=O) groups excluding carboxylic acids is 1. The fraction of sp³-hybridized carbons (Fsp3) is 0.889. The van der Waals surface area contributed by atoms with Crippen LogP contribution in [0.15, 0.2) is 0 Å². The fourth-order valence-corrected chi connectivity index (χ4v) is 1.01. The smallest absolute Gasteiger partial charge is 0.311 e. The largest absolute Gasteiger partial charge is 0.465 e. The molecule has 0 aliphatic heterocycles. The maximum atomic E-state index is 11.2. The number of hydrogen-bond acceptors (Lipinski definition) is 3. The molecule has 0 rings (SSSR count). The van der Waals surface area contributed by atoms with Crippen molar-refractivity contribution in [2.45, 2.75) is 39.7 Å². The van der Waals surface area contributed by atoms with Crippen molar-refractivity contribution in [1.82, 2.24) is 0 Å². The van der Waals surface area contributed by atoms with E-state index in [9.17, 15) is 9.90 Å². The van der Waals surface area contributed by atoms with Crippen molar-refractivity contribution in [3.05, 3.63) is 0 Å². The topological polar surface area (TPSA) is 46.5 Å². The van der Waals surface area contributed by atoms with Crippen LogP contribution in [0, 0.1) is 5.92 Å². The number of aliphatic hydroxyl groups is 1. The lowest BCUT2D eigenvalue weighted by Gasteiger charge is -2.15. The lowest BCUT2D eigenvalue weighted by Crippen LogP contribution is -2.27. The lowest BCUT2D eigenvalue weighted by atomic mass is 10.0. The highest BCUT2D eigenvalue weighted by Gasteiger charge is 2.22. The van der Waals surface area contributed by atoms with E-state index in [2.05, 4.69) is 0 Å². The van der Waals surface area contributed by atoms with E-state index in [1.807, 2.05) is 13.8 Å². The summed E-state index contributed by atoms with van der Waals surface area (Å²) < 4.78 is 4.91. The van der Waals surface area contributed by atoms with E-state index in [0.717, 1.165) is 6.42 Å². The van der Waals surface area contributed by atoms with Gasteiger partial charge in [-0.2, -0.15) is 0 Å². The number of ether oxygens (including phenoxy) is 1. The van der Waals surface area contributed by atoms with Crippen molar-refractivity contribution in [2.75, 3.05) is 6.61 Å². The standard InChI is InChI=1S/C9H18O3/c1-4-6-12-9(11)8(5-2)7(3)10/h7-8,10H,4-6H2,1-3H3/t7-,8+/m0/s1. The first-order valence-electron chi connectivity index (χ1n) is 4.48. The zero-order chi connectivity index (χ0) is 9.56. The van der Waals surface area contributed by atoms with Gasteiger partial charge in [0.15, 0.2) is 0 Å². The summed E-state index contributed by atoms with van der Waals surface area (Å²) in [5.74, 6) is -0.647. The molecule has 0 fully saturated rings.